The summed E-state index contributed by atoms with van der Waals surface area (Å²) in [7, 11) is 0. The molecule has 0 spiro atoms. The number of hydrogen-bond donors (Lipinski definition) is 1. The van der Waals surface area contributed by atoms with Gasteiger partial charge in [-0.3, -0.25) is 0 Å². The van der Waals surface area contributed by atoms with E-state index in [0.29, 0.717) is 5.92 Å². The molecule has 0 saturated carbocycles. The van der Waals surface area contributed by atoms with Crippen LogP contribution in [-0.2, 0) is 10.8 Å². The lowest BCUT2D eigenvalue weighted by Gasteiger charge is -2.50. The first kappa shape index (κ1) is 18.2. The molecule has 134 valence electrons. The summed E-state index contributed by atoms with van der Waals surface area (Å²) in [6.07, 6.45) is 2.55. The molecule has 25 heavy (non-hydrogen) atoms. The summed E-state index contributed by atoms with van der Waals surface area (Å²) in [5.41, 5.74) is 3.18. The molecule has 1 saturated heterocycles. The summed E-state index contributed by atoms with van der Waals surface area (Å²) < 4.78 is 0. The average Bonchev–Trinajstić information content (AvgIpc) is 2.64. The van der Waals surface area contributed by atoms with Crippen molar-refractivity contribution in [1.29, 1.82) is 0 Å². The molecule has 0 aromatic heterocycles. The van der Waals surface area contributed by atoms with Crippen LogP contribution in [0.5, 0.6) is 0 Å². The maximum atomic E-state index is 3.55. The third kappa shape index (κ3) is 3.67. The first-order valence-corrected chi connectivity index (χ1v) is 9.76. The highest BCUT2D eigenvalue weighted by atomic mass is 14.9. The van der Waals surface area contributed by atoms with Crippen LogP contribution in [0.25, 0.3) is 0 Å². The predicted molar refractivity (Wildman–Crippen MR) is 108 cm³/mol. The minimum Gasteiger partial charge on any atom is -0.317 e. The van der Waals surface area contributed by atoms with Gasteiger partial charge in [-0.2, -0.15) is 0 Å². The highest BCUT2D eigenvalue weighted by Crippen LogP contribution is 2.50. The molecular weight excluding hydrogens is 302 g/mol. The van der Waals surface area contributed by atoms with Crippen molar-refractivity contribution in [3.8, 4) is 0 Å². The van der Waals surface area contributed by atoms with E-state index in [9.17, 15) is 0 Å². The fourth-order valence-electron chi connectivity index (χ4n) is 5.35. The van der Waals surface area contributed by atoms with Crippen LogP contribution < -0.4 is 5.32 Å². The lowest BCUT2D eigenvalue weighted by atomic mass is 9.54. The third-order valence-electron chi connectivity index (χ3n) is 6.45. The topological polar surface area (TPSA) is 12.0 Å². The number of rotatable bonds is 5. The Balaban J connectivity index is 2.06. The fourth-order valence-corrected chi connectivity index (χ4v) is 5.35. The normalized spacial score (nSPS) is 17.0. The van der Waals surface area contributed by atoms with Crippen LogP contribution in [0, 0.1) is 11.8 Å². The summed E-state index contributed by atoms with van der Waals surface area (Å²) in [5, 5.41) is 3.55. The van der Waals surface area contributed by atoms with E-state index < -0.39 is 0 Å². The molecular formula is C24H33N. The van der Waals surface area contributed by atoms with Crippen LogP contribution in [-0.4, -0.2) is 13.1 Å². The number of hydrogen-bond acceptors (Lipinski definition) is 1. The van der Waals surface area contributed by atoms with Crippen LogP contribution in [0.15, 0.2) is 60.7 Å². The van der Waals surface area contributed by atoms with Crippen molar-refractivity contribution < 1.29 is 0 Å². The summed E-state index contributed by atoms with van der Waals surface area (Å²) in [6, 6.07) is 22.3. The maximum absolute atomic E-state index is 3.55. The zero-order valence-corrected chi connectivity index (χ0v) is 16.3. The third-order valence-corrected chi connectivity index (χ3v) is 6.45. The minimum absolute atomic E-state index is 0.128. The molecule has 0 atom stereocenters. The molecule has 0 bridgehead atoms. The van der Waals surface area contributed by atoms with E-state index in [1.165, 1.54) is 24.0 Å². The second-order valence-electron chi connectivity index (χ2n) is 8.74. The molecule has 1 fully saturated rings. The van der Waals surface area contributed by atoms with Gasteiger partial charge in [-0.1, -0.05) is 88.4 Å². The van der Waals surface area contributed by atoms with Crippen molar-refractivity contribution in [1.82, 2.24) is 5.32 Å². The predicted octanol–water partition coefficient (Wildman–Crippen LogP) is 5.56. The van der Waals surface area contributed by atoms with Gasteiger partial charge >= 0.3 is 0 Å². The van der Waals surface area contributed by atoms with Crippen molar-refractivity contribution in [2.75, 3.05) is 13.1 Å². The summed E-state index contributed by atoms with van der Waals surface area (Å²) in [6.45, 7) is 12.1. The van der Waals surface area contributed by atoms with Gasteiger partial charge in [0.05, 0.1) is 0 Å². The van der Waals surface area contributed by atoms with Gasteiger partial charge in [0.2, 0.25) is 0 Å². The van der Waals surface area contributed by atoms with Crippen molar-refractivity contribution >= 4 is 0 Å². The van der Waals surface area contributed by atoms with Crippen molar-refractivity contribution in [3.05, 3.63) is 71.8 Å². The standard InChI is InChI=1S/C24H33N/c1-23(2,20-11-7-5-8-12-20)22(19-15-17-25-18-16-19)24(3,4)21-13-9-6-10-14-21/h5-14,19,22,25H,15-18H2,1-4H3. The Morgan fingerprint density at radius 2 is 1.12 bits per heavy atom. The monoisotopic (exact) mass is 335 g/mol. The smallest absolute Gasteiger partial charge is 0.00462 e. The van der Waals surface area contributed by atoms with Crippen LogP contribution in [0.2, 0.25) is 0 Å². The Morgan fingerprint density at radius 3 is 1.52 bits per heavy atom. The minimum atomic E-state index is 0.128. The molecule has 1 heteroatoms. The molecule has 0 aliphatic carbocycles. The van der Waals surface area contributed by atoms with Gasteiger partial charge in [-0.25, -0.2) is 0 Å². The van der Waals surface area contributed by atoms with Gasteiger partial charge in [-0.15, -0.1) is 0 Å². The van der Waals surface area contributed by atoms with E-state index in [1.54, 1.807) is 0 Å². The molecule has 0 amide bonds. The number of piperidine rings is 1. The first-order chi connectivity index (χ1) is 11.9. The quantitative estimate of drug-likeness (QED) is 0.754. The van der Waals surface area contributed by atoms with Crippen molar-refractivity contribution in [2.45, 2.75) is 51.4 Å². The van der Waals surface area contributed by atoms with Gasteiger partial charge in [0.15, 0.2) is 0 Å². The molecule has 1 aliphatic heterocycles. The summed E-state index contributed by atoms with van der Waals surface area (Å²) >= 11 is 0. The highest BCUT2D eigenvalue weighted by molar-refractivity contribution is 5.32. The molecule has 1 heterocycles. The zero-order valence-electron chi connectivity index (χ0n) is 16.3. The van der Waals surface area contributed by atoms with Gasteiger partial charge in [0, 0.05) is 0 Å². The maximum Gasteiger partial charge on any atom is -0.00462 e. The number of nitrogens with one attached hydrogen (secondary N) is 1. The average molecular weight is 336 g/mol. The lowest BCUT2D eigenvalue weighted by molar-refractivity contribution is 0.0987. The Labute approximate surface area is 153 Å². The van der Waals surface area contributed by atoms with Gasteiger partial charge in [0.25, 0.3) is 0 Å². The molecule has 1 N–H and O–H groups in total. The van der Waals surface area contributed by atoms with Crippen LogP contribution >= 0.6 is 0 Å². The molecule has 2 aromatic carbocycles. The number of benzene rings is 2. The Hall–Kier alpha value is -1.60. The molecule has 0 radical (unpaired) electrons. The summed E-state index contributed by atoms with van der Waals surface area (Å²) in [4.78, 5) is 0. The summed E-state index contributed by atoms with van der Waals surface area (Å²) in [5.74, 6) is 1.33. The van der Waals surface area contributed by atoms with Crippen molar-refractivity contribution in [2.24, 2.45) is 11.8 Å². The lowest BCUT2D eigenvalue weighted by Crippen LogP contribution is -2.49. The van der Waals surface area contributed by atoms with E-state index in [1.807, 2.05) is 0 Å². The van der Waals surface area contributed by atoms with Gasteiger partial charge in [0.1, 0.15) is 0 Å². The second kappa shape index (κ2) is 7.33. The highest BCUT2D eigenvalue weighted by Gasteiger charge is 2.46. The van der Waals surface area contributed by atoms with Gasteiger partial charge in [-0.05, 0) is 59.7 Å². The van der Waals surface area contributed by atoms with Crippen LogP contribution in [0.1, 0.15) is 51.7 Å². The first-order valence-electron chi connectivity index (χ1n) is 9.76. The van der Waals surface area contributed by atoms with E-state index in [4.69, 9.17) is 0 Å². The van der Waals surface area contributed by atoms with Crippen LogP contribution in [0.4, 0.5) is 0 Å². The molecule has 2 aromatic rings. The fraction of sp³-hybridized carbons (Fsp3) is 0.500. The molecule has 1 nitrogen and oxygen atoms in total. The van der Waals surface area contributed by atoms with E-state index in [2.05, 4.69) is 93.7 Å². The van der Waals surface area contributed by atoms with Crippen molar-refractivity contribution in [3.63, 3.8) is 0 Å². The Morgan fingerprint density at radius 1 is 0.720 bits per heavy atom. The molecule has 1 aliphatic rings. The van der Waals surface area contributed by atoms with Crippen LogP contribution in [0.3, 0.4) is 0 Å². The molecule has 3 rings (SSSR count). The molecule has 0 unspecified atom stereocenters. The zero-order chi connectivity index (χ0) is 17.9. The van der Waals surface area contributed by atoms with E-state index >= 15 is 0 Å². The van der Waals surface area contributed by atoms with E-state index in [-0.39, 0.29) is 10.8 Å². The second-order valence-corrected chi connectivity index (χ2v) is 8.74. The Kier molecular flexibility index (Phi) is 5.34. The van der Waals surface area contributed by atoms with E-state index in [0.717, 1.165) is 19.0 Å². The Bertz CT molecular complexity index is 600. The SMILES string of the molecule is CC(C)(c1ccccc1)C(C1CCNCC1)C(C)(C)c1ccccc1. The largest absolute Gasteiger partial charge is 0.317 e. The van der Waals surface area contributed by atoms with Gasteiger partial charge < -0.3 is 5.32 Å².